The fraction of sp³-hybridized carbons (Fsp3) is 0.261. The van der Waals surface area contributed by atoms with Gasteiger partial charge in [-0.15, -0.1) is 0 Å². The normalized spacial score (nSPS) is 18.3. The van der Waals surface area contributed by atoms with E-state index in [1.165, 1.54) is 11.1 Å². The third kappa shape index (κ3) is 4.06. The molecule has 0 aromatic heterocycles. The van der Waals surface area contributed by atoms with Gasteiger partial charge < -0.3 is 15.5 Å². The lowest BCUT2D eigenvalue weighted by atomic mass is 10.0. The number of anilines is 2. The summed E-state index contributed by atoms with van der Waals surface area (Å²) in [7, 11) is 1.72. The molecule has 2 aromatic rings. The highest BCUT2D eigenvalue weighted by Crippen LogP contribution is 2.27. The Labute approximate surface area is 170 Å². The second kappa shape index (κ2) is 7.91. The van der Waals surface area contributed by atoms with E-state index in [0.717, 1.165) is 23.4 Å². The molecule has 29 heavy (non-hydrogen) atoms. The number of fused-ring (bicyclic) bond motifs is 1. The fourth-order valence-corrected chi connectivity index (χ4v) is 3.60. The third-order valence-electron chi connectivity index (χ3n) is 5.27. The van der Waals surface area contributed by atoms with Gasteiger partial charge in [-0.2, -0.15) is 0 Å². The maximum atomic E-state index is 12.8. The van der Waals surface area contributed by atoms with Crippen molar-refractivity contribution in [2.75, 3.05) is 30.4 Å². The van der Waals surface area contributed by atoms with Crippen LogP contribution in [0.3, 0.4) is 0 Å². The molecule has 0 saturated heterocycles. The Balaban J connectivity index is 1.41. The van der Waals surface area contributed by atoms with E-state index in [4.69, 9.17) is 0 Å². The van der Waals surface area contributed by atoms with E-state index in [0.29, 0.717) is 18.8 Å². The lowest BCUT2D eigenvalue weighted by Gasteiger charge is -2.21. The van der Waals surface area contributed by atoms with E-state index in [1.807, 2.05) is 30.3 Å². The molecule has 0 saturated carbocycles. The topological polar surface area (TPSA) is 73.8 Å². The van der Waals surface area contributed by atoms with Crippen LogP contribution in [0.15, 0.2) is 65.2 Å². The lowest BCUT2D eigenvalue weighted by molar-refractivity contribution is -0.124. The fourth-order valence-electron chi connectivity index (χ4n) is 3.60. The largest absolute Gasteiger partial charge is 0.381 e. The van der Waals surface area contributed by atoms with Crippen LogP contribution in [0, 0.1) is 6.92 Å². The van der Waals surface area contributed by atoms with Crippen LogP contribution in [-0.4, -0.2) is 43.7 Å². The number of nitrogens with zero attached hydrogens (tertiary/aromatic N) is 2. The smallest absolute Gasteiger partial charge is 0.270 e. The summed E-state index contributed by atoms with van der Waals surface area (Å²) in [6.45, 7) is 2.90. The molecule has 2 heterocycles. The summed E-state index contributed by atoms with van der Waals surface area (Å²) < 4.78 is 0. The van der Waals surface area contributed by atoms with E-state index in [-0.39, 0.29) is 11.8 Å². The van der Waals surface area contributed by atoms with Gasteiger partial charge >= 0.3 is 0 Å². The Morgan fingerprint density at radius 3 is 2.76 bits per heavy atom. The number of carbonyl (C=O) groups excluding carboxylic acids is 2. The van der Waals surface area contributed by atoms with Gasteiger partial charge in [-0.3, -0.25) is 14.6 Å². The highest BCUT2D eigenvalue weighted by Gasteiger charge is 2.30. The predicted octanol–water partition coefficient (Wildman–Crippen LogP) is 2.49. The van der Waals surface area contributed by atoms with Crippen molar-refractivity contribution < 1.29 is 9.59 Å². The Morgan fingerprint density at radius 2 is 1.97 bits per heavy atom. The molecule has 1 atom stereocenters. The number of rotatable bonds is 4. The molecule has 4 rings (SSSR count). The first-order valence-corrected chi connectivity index (χ1v) is 9.72. The highest BCUT2D eigenvalue weighted by atomic mass is 16.2. The molecule has 2 amide bonds. The first-order chi connectivity index (χ1) is 14.0. The van der Waals surface area contributed by atoms with Gasteiger partial charge in [0.05, 0.1) is 17.9 Å². The predicted molar refractivity (Wildman–Crippen MR) is 116 cm³/mol. The van der Waals surface area contributed by atoms with Gasteiger partial charge in [0.2, 0.25) is 0 Å². The van der Waals surface area contributed by atoms with Crippen molar-refractivity contribution in [2.24, 2.45) is 4.99 Å². The Hall–Kier alpha value is -3.41. The van der Waals surface area contributed by atoms with Crippen molar-refractivity contribution in [1.82, 2.24) is 5.32 Å². The van der Waals surface area contributed by atoms with Crippen LogP contribution in [0.1, 0.15) is 11.1 Å². The Morgan fingerprint density at radius 1 is 1.21 bits per heavy atom. The van der Waals surface area contributed by atoms with E-state index >= 15 is 0 Å². The molecular formula is C23H24N4O2. The molecule has 148 valence electrons. The Kier molecular flexibility index (Phi) is 5.16. The minimum absolute atomic E-state index is 0.154. The number of aliphatic imine (C=N–C) groups is 1. The monoisotopic (exact) mass is 388 g/mol. The van der Waals surface area contributed by atoms with Crippen molar-refractivity contribution in [3.05, 3.63) is 71.3 Å². The summed E-state index contributed by atoms with van der Waals surface area (Å²) in [6.07, 6.45) is 2.60. The summed E-state index contributed by atoms with van der Waals surface area (Å²) in [5.74, 6) is -0.471. The minimum Gasteiger partial charge on any atom is -0.381 e. The zero-order chi connectivity index (χ0) is 20.4. The van der Waals surface area contributed by atoms with Gasteiger partial charge in [0, 0.05) is 13.6 Å². The number of likely N-dealkylation sites (N-methyl/N-ethyl adjacent to an activating group) is 1. The molecule has 2 aromatic carbocycles. The molecule has 2 aliphatic rings. The first kappa shape index (κ1) is 18.9. The van der Waals surface area contributed by atoms with Crippen molar-refractivity contribution >= 4 is 28.9 Å². The summed E-state index contributed by atoms with van der Waals surface area (Å²) in [5, 5.41) is 6.09. The summed E-state index contributed by atoms with van der Waals surface area (Å²) >= 11 is 0. The number of hydrogen-bond acceptors (Lipinski definition) is 4. The molecule has 6 heteroatoms. The van der Waals surface area contributed by atoms with Crippen LogP contribution >= 0.6 is 0 Å². The van der Waals surface area contributed by atoms with E-state index in [1.54, 1.807) is 11.9 Å². The highest BCUT2D eigenvalue weighted by molar-refractivity contribution is 6.44. The van der Waals surface area contributed by atoms with E-state index in [2.05, 4.69) is 46.8 Å². The standard InChI is InChI=1S/C23H24N4O2/c1-15-7-9-16(10-8-15)11-17-12-19(24-13-17)22(28)26-20-14-25-18-5-3-4-6-21(18)27(2)23(20)29/h3-10,12,20,25H,11,13-14H2,1-2H3,(H,26,28)/t20-/m0/s1. The molecule has 2 aliphatic heterocycles. The molecule has 0 bridgehead atoms. The van der Waals surface area contributed by atoms with Crippen molar-refractivity contribution in [3.8, 4) is 0 Å². The number of benzene rings is 2. The summed E-state index contributed by atoms with van der Waals surface area (Å²) in [6, 6.07) is 15.3. The maximum Gasteiger partial charge on any atom is 0.270 e. The summed E-state index contributed by atoms with van der Waals surface area (Å²) in [4.78, 5) is 31.5. The van der Waals surface area contributed by atoms with E-state index < -0.39 is 6.04 Å². The molecule has 0 fully saturated rings. The van der Waals surface area contributed by atoms with Crippen molar-refractivity contribution in [3.63, 3.8) is 0 Å². The number of para-hydroxylation sites is 2. The second-order valence-electron chi connectivity index (χ2n) is 7.49. The molecule has 2 N–H and O–H groups in total. The SMILES string of the molecule is Cc1ccc(CC2=CC(C(=O)N[C@H]3CNc4ccccc4N(C)C3=O)=NC2)cc1. The number of aryl methyl sites for hydroxylation is 1. The van der Waals surface area contributed by atoms with E-state index in [9.17, 15) is 9.59 Å². The molecule has 0 radical (unpaired) electrons. The first-order valence-electron chi connectivity index (χ1n) is 9.72. The van der Waals surface area contributed by atoms with Crippen molar-refractivity contribution in [1.29, 1.82) is 0 Å². The summed E-state index contributed by atoms with van der Waals surface area (Å²) in [5.41, 5.74) is 5.56. The quantitative estimate of drug-likeness (QED) is 0.845. The van der Waals surface area contributed by atoms with Crippen molar-refractivity contribution in [2.45, 2.75) is 19.4 Å². The van der Waals surface area contributed by atoms with Gasteiger partial charge in [-0.1, -0.05) is 42.0 Å². The van der Waals surface area contributed by atoms with Gasteiger partial charge in [0.15, 0.2) is 0 Å². The zero-order valence-electron chi connectivity index (χ0n) is 16.6. The molecule has 0 aliphatic carbocycles. The van der Waals surface area contributed by atoms with Crippen LogP contribution < -0.4 is 15.5 Å². The number of hydrogen-bond donors (Lipinski definition) is 2. The van der Waals surface area contributed by atoms with Crippen LogP contribution in [0.25, 0.3) is 0 Å². The number of nitrogens with one attached hydrogen (secondary N) is 2. The Bertz CT molecular complexity index is 1010. The molecule has 6 nitrogen and oxygen atoms in total. The van der Waals surface area contributed by atoms with Crippen LogP contribution in [0.4, 0.5) is 11.4 Å². The lowest BCUT2D eigenvalue weighted by Crippen LogP contribution is -2.51. The molecule has 0 spiro atoms. The van der Waals surface area contributed by atoms with Crippen LogP contribution in [0.2, 0.25) is 0 Å². The average molecular weight is 388 g/mol. The van der Waals surface area contributed by atoms with Gasteiger partial charge in [-0.25, -0.2) is 0 Å². The minimum atomic E-state index is -0.655. The number of amides is 2. The average Bonchev–Trinajstić information content (AvgIpc) is 3.16. The van der Waals surface area contributed by atoms with Crippen LogP contribution in [-0.2, 0) is 16.0 Å². The molecule has 0 unspecified atom stereocenters. The number of carbonyl (C=O) groups is 2. The zero-order valence-corrected chi connectivity index (χ0v) is 16.6. The maximum absolute atomic E-state index is 12.8. The van der Waals surface area contributed by atoms with Gasteiger partial charge in [0.1, 0.15) is 11.8 Å². The molecular weight excluding hydrogens is 364 g/mol. The second-order valence-corrected chi connectivity index (χ2v) is 7.49. The van der Waals surface area contributed by atoms with Gasteiger partial charge in [0.25, 0.3) is 11.8 Å². The third-order valence-corrected chi connectivity index (χ3v) is 5.27. The van der Waals surface area contributed by atoms with Crippen LogP contribution in [0.5, 0.6) is 0 Å². The van der Waals surface area contributed by atoms with Gasteiger partial charge in [-0.05, 0) is 42.7 Å².